The second kappa shape index (κ2) is 7.69. The van der Waals surface area contributed by atoms with Gasteiger partial charge in [-0.3, -0.25) is 10.00 Å². The molecule has 0 radical (unpaired) electrons. The zero-order chi connectivity index (χ0) is 17.8. The highest BCUT2D eigenvalue weighted by molar-refractivity contribution is 5.74. The van der Waals surface area contributed by atoms with E-state index in [-0.39, 0.29) is 12.1 Å². The molecule has 1 atom stereocenters. The van der Waals surface area contributed by atoms with Crippen LogP contribution < -0.4 is 5.32 Å². The highest BCUT2D eigenvalue weighted by atomic mass is 16.2. The first-order valence-electron chi connectivity index (χ1n) is 8.76. The van der Waals surface area contributed by atoms with E-state index >= 15 is 0 Å². The summed E-state index contributed by atoms with van der Waals surface area (Å²) in [6, 6.07) is 2.08. The van der Waals surface area contributed by atoms with Gasteiger partial charge in [-0.15, -0.1) is 0 Å². The van der Waals surface area contributed by atoms with Gasteiger partial charge < -0.3 is 14.8 Å². The minimum absolute atomic E-state index is 0.0106. The number of piperazine rings is 1. The minimum Gasteiger partial charge on any atom is -0.337 e. The molecule has 2 amide bonds. The Hall–Kier alpha value is -2.35. The molecule has 2 N–H and O–H groups in total. The zero-order valence-electron chi connectivity index (χ0n) is 15.2. The van der Waals surface area contributed by atoms with Gasteiger partial charge in [-0.1, -0.05) is 0 Å². The lowest BCUT2D eigenvalue weighted by Crippen LogP contribution is -2.53. The monoisotopic (exact) mass is 345 g/mol. The van der Waals surface area contributed by atoms with Crippen LogP contribution in [0.5, 0.6) is 0 Å². The van der Waals surface area contributed by atoms with Crippen molar-refractivity contribution in [3.63, 3.8) is 0 Å². The number of carbonyl (C=O) groups is 1. The van der Waals surface area contributed by atoms with Crippen molar-refractivity contribution in [1.82, 2.24) is 34.9 Å². The predicted molar refractivity (Wildman–Crippen MR) is 95.1 cm³/mol. The molecule has 0 bridgehead atoms. The summed E-state index contributed by atoms with van der Waals surface area (Å²) in [6.07, 6.45) is 4.51. The van der Waals surface area contributed by atoms with E-state index in [1.165, 1.54) is 0 Å². The third-order valence-electron chi connectivity index (χ3n) is 4.59. The molecule has 8 heteroatoms. The van der Waals surface area contributed by atoms with E-state index in [1.54, 1.807) is 0 Å². The molecule has 2 aromatic heterocycles. The summed E-state index contributed by atoms with van der Waals surface area (Å²) in [5, 5.41) is 10.2. The largest absolute Gasteiger partial charge is 0.337 e. The van der Waals surface area contributed by atoms with E-state index < -0.39 is 0 Å². The maximum Gasteiger partial charge on any atom is 0.317 e. The predicted octanol–water partition coefficient (Wildman–Crippen LogP) is 0.910. The van der Waals surface area contributed by atoms with Gasteiger partial charge in [-0.05, 0) is 19.9 Å². The Morgan fingerprint density at radius 1 is 1.36 bits per heavy atom. The van der Waals surface area contributed by atoms with Crippen molar-refractivity contribution in [2.75, 3.05) is 26.2 Å². The van der Waals surface area contributed by atoms with Crippen LogP contribution in [-0.2, 0) is 20.0 Å². The number of imidazole rings is 1. The summed E-state index contributed by atoms with van der Waals surface area (Å²) >= 11 is 0. The van der Waals surface area contributed by atoms with E-state index in [1.807, 2.05) is 48.8 Å². The third kappa shape index (κ3) is 4.60. The van der Waals surface area contributed by atoms with Gasteiger partial charge in [0.2, 0.25) is 0 Å². The summed E-state index contributed by atoms with van der Waals surface area (Å²) in [6.45, 7) is 8.03. The number of rotatable bonds is 5. The van der Waals surface area contributed by atoms with Gasteiger partial charge in [0.05, 0.1) is 12.2 Å². The topological polar surface area (TPSA) is 82.1 Å². The maximum atomic E-state index is 12.4. The van der Waals surface area contributed by atoms with Crippen LogP contribution in [0.1, 0.15) is 24.1 Å². The van der Waals surface area contributed by atoms with Crippen LogP contribution in [0.15, 0.2) is 18.5 Å². The molecule has 1 saturated heterocycles. The van der Waals surface area contributed by atoms with Gasteiger partial charge in [-0.25, -0.2) is 9.78 Å². The lowest BCUT2D eigenvalue weighted by Gasteiger charge is -2.35. The smallest absolute Gasteiger partial charge is 0.317 e. The molecule has 0 saturated carbocycles. The van der Waals surface area contributed by atoms with Crippen molar-refractivity contribution in [3.05, 3.63) is 35.7 Å². The van der Waals surface area contributed by atoms with Crippen LogP contribution >= 0.6 is 0 Å². The fraction of sp³-hybridized carbons (Fsp3) is 0.588. The van der Waals surface area contributed by atoms with Crippen molar-refractivity contribution < 1.29 is 4.79 Å². The van der Waals surface area contributed by atoms with Crippen molar-refractivity contribution in [2.24, 2.45) is 7.05 Å². The maximum absolute atomic E-state index is 12.4. The summed E-state index contributed by atoms with van der Waals surface area (Å²) in [5.41, 5.74) is 2.02. The SMILES string of the molecule is Cc1cc(C[C@@H](C)NC(=O)N2CCN(Cc3nccn3C)CC2)n[nH]1. The van der Waals surface area contributed by atoms with E-state index in [0.717, 1.165) is 56.4 Å². The number of carbonyl (C=O) groups excluding carboxylic acids is 1. The van der Waals surface area contributed by atoms with Crippen LogP contribution in [0, 0.1) is 6.92 Å². The summed E-state index contributed by atoms with van der Waals surface area (Å²) in [5.74, 6) is 1.06. The number of aromatic nitrogens is 4. The first kappa shape index (κ1) is 17.5. The Bertz CT molecular complexity index is 699. The van der Waals surface area contributed by atoms with Crippen molar-refractivity contribution in [3.8, 4) is 0 Å². The number of hydrogen-bond acceptors (Lipinski definition) is 4. The summed E-state index contributed by atoms with van der Waals surface area (Å²) in [4.78, 5) is 21.0. The van der Waals surface area contributed by atoms with Crippen LogP contribution in [0.2, 0.25) is 0 Å². The number of H-pyrrole nitrogens is 1. The molecule has 3 heterocycles. The van der Waals surface area contributed by atoms with Gasteiger partial charge in [0.1, 0.15) is 5.82 Å². The number of aryl methyl sites for hydroxylation is 2. The third-order valence-corrected chi connectivity index (χ3v) is 4.59. The van der Waals surface area contributed by atoms with Gasteiger partial charge in [-0.2, -0.15) is 5.10 Å². The quantitative estimate of drug-likeness (QED) is 0.844. The second-order valence-corrected chi connectivity index (χ2v) is 6.81. The van der Waals surface area contributed by atoms with Gasteiger partial charge in [0.25, 0.3) is 0 Å². The first-order valence-corrected chi connectivity index (χ1v) is 8.76. The highest BCUT2D eigenvalue weighted by Crippen LogP contribution is 2.08. The van der Waals surface area contributed by atoms with E-state index in [0.29, 0.717) is 0 Å². The fourth-order valence-electron chi connectivity index (χ4n) is 3.10. The van der Waals surface area contributed by atoms with Crippen molar-refractivity contribution in [1.29, 1.82) is 0 Å². The Kier molecular flexibility index (Phi) is 5.37. The van der Waals surface area contributed by atoms with Crippen molar-refractivity contribution >= 4 is 6.03 Å². The highest BCUT2D eigenvalue weighted by Gasteiger charge is 2.23. The molecule has 0 spiro atoms. The number of amides is 2. The van der Waals surface area contributed by atoms with E-state index in [9.17, 15) is 4.79 Å². The normalized spacial score (nSPS) is 16.8. The molecule has 8 nitrogen and oxygen atoms in total. The van der Waals surface area contributed by atoms with Crippen LogP contribution in [-0.4, -0.2) is 67.8 Å². The average Bonchev–Trinajstić information content (AvgIpc) is 3.16. The van der Waals surface area contributed by atoms with E-state index in [2.05, 4.69) is 25.4 Å². The molecule has 25 heavy (non-hydrogen) atoms. The summed E-state index contributed by atoms with van der Waals surface area (Å²) in [7, 11) is 2.01. The van der Waals surface area contributed by atoms with Crippen LogP contribution in [0.3, 0.4) is 0 Å². The number of aromatic amines is 1. The van der Waals surface area contributed by atoms with Gasteiger partial charge in [0.15, 0.2) is 0 Å². The average molecular weight is 345 g/mol. The molecular weight excluding hydrogens is 318 g/mol. The minimum atomic E-state index is 0.0106. The standard InChI is InChI=1S/C17H27N7O/c1-13(10-15-11-14(2)20-21-15)19-17(25)24-8-6-23(7-9-24)12-16-18-4-5-22(16)3/h4-5,11,13H,6-10,12H2,1-3H3,(H,19,25)(H,20,21)/t13-/m1/s1. The Balaban J connectivity index is 1.42. The number of nitrogens with zero attached hydrogens (tertiary/aromatic N) is 5. The van der Waals surface area contributed by atoms with Gasteiger partial charge in [0, 0.05) is 63.8 Å². The molecule has 1 fully saturated rings. The molecular formula is C17H27N7O. The number of hydrogen-bond donors (Lipinski definition) is 2. The molecule has 2 aromatic rings. The number of urea groups is 1. The molecule has 1 aliphatic heterocycles. The molecule has 1 aliphatic rings. The van der Waals surface area contributed by atoms with Crippen LogP contribution in [0.25, 0.3) is 0 Å². The Labute approximate surface area is 148 Å². The van der Waals surface area contributed by atoms with Gasteiger partial charge >= 0.3 is 6.03 Å². The van der Waals surface area contributed by atoms with Crippen LogP contribution in [0.4, 0.5) is 4.79 Å². The fourth-order valence-corrected chi connectivity index (χ4v) is 3.10. The molecule has 0 aliphatic carbocycles. The Morgan fingerprint density at radius 3 is 2.72 bits per heavy atom. The molecule has 136 valence electrons. The molecule has 3 rings (SSSR count). The first-order chi connectivity index (χ1) is 12.0. The lowest BCUT2D eigenvalue weighted by atomic mass is 10.2. The zero-order valence-corrected chi connectivity index (χ0v) is 15.2. The van der Waals surface area contributed by atoms with Crippen molar-refractivity contribution in [2.45, 2.75) is 32.9 Å². The number of nitrogens with one attached hydrogen (secondary N) is 2. The summed E-state index contributed by atoms with van der Waals surface area (Å²) < 4.78 is 2.04. The Morgan fingerprint density at radius 2 is 2.12 bits per heavy atom. The molecule has 0 aromatic carbocycles. The molecule has 0 unspecified atom stereocenters. The lowest BCUT2D eigenvalue weighted by molar-refractivity contribution is 0.131. The second-order valence-electron chi connectivity index (χ2n) is 6.81. The van der Waals surface area contributed by atoms with E-state index in [4.69, 9.17) is 0 Å².